The van der Waals surface area contributed by atoms with Crippen molar-refractivity contribution < 1.29 is 4.74 Å². The smallest absolute Gasteiger partial charge is 0.106 e. The summed E-state index contributed by atoms with van der Waals surface area (Å²) in [5, 5.41) is 3.37. The highest BCUT2D eigenvalue weighted by molar-refractivity contribution is 5.19. The second-order valence-electron chi connectivity index (χ2n) is 4.68. The zero-order valence-corrected chi connectivity index (χ0v) is 11.0. The van der Waals surface area contributed by atoms with Crippen molar-refractivity contribution in [3.63, 3.8) is 0 Å². The maximum atomic E-state index is 5.07. The van der Waals surface area contributed by atoms with E-state index >= 15 is 0 Å². The average molecular weight is 237 g/mol. The van der Waals surface area contributed by atoms with Crippen molar-refractivity contribution in [2.45, 2.75) is 45.7 Å². The van der Waals surface area contributed by atoms with E-state index in [0.29, 0.717) is 0 Å². The summed E-state index contributed by atoms with van der Waals surface area (Å²) in [5.74, 6) is 1.17. The third-order valence-corrected chi connectivity index (χ3v) is 3.41. The number of nitrogens with zero attached hydrogens (tertiary/aromatic N) is 2. The van der Waals surface area contributed by atoms with Gasteiger partial charge in [0, 0.05) is 45.5 Å². The van der Waals surface area contributed by atoms with Gasteiger partial charge >= 0.3 is 0 Å². The highest BCUT2D eigenvalue weighted by Gasteiger charge is 2.16. The summed E-state index contributed by atoms with van der Waals surface area (Å²) in [4.78, 5) is 4.64. The summed E-state index contributed by atoms with van der Waals surface area (Å²) in [6, 6.07) is 0. The van der Waals surface area contributed by atoms with E-state index in [0.717, 1.165) is 39.1 Å². The van der Waals surface area contributed by atoms with Crippen LogP contribution < -0.4 is 5.32 Å². The van der Waals surface area contributed by atoms with Crippen LogP contribution in [-0.2, 0) is 24.2 Å². The van der Waals surface area contributed by atoms with Crippen molar-refractivity contribution in [2.24, 2.45) is 0 Å². The topological polar surface area (TPSA) is 39.1 Å². The zero-order valence-electron chi connectivity index (χ0n) is 11.0. The minimum absolute atomic E-state index is 0.880. The van der Waals surface area contributed by atoms with Gasteiger partial charge in [0.15, 0.2) is 0 Å². The van der Waals surface area contributed by atoms with E-state index in [1.54, 1.807) is 7.11 Å². The fraction of sp³-hybridized carbons (Fsp3) is 0.769. The number of hydrogen-bond donors (Lipinski definition) is 1. The summed E-state index contributed by atoms with van der Waals surface area (Å²) in [6.45, 7) is 6.13. The first-order chi connectivity index (χ1) is 8.33. The first kappa shape index (κ1) is 12.6. The van der Waals surface area contributed by atoms with E-state index in [2.05, 4.69) is 21.8 Å². The van der Waals surface area contributed by atoms with Gasteiger partial charge in [-0.3, -0.25) is 0 Å². The van der Waals surface area contributed by atoms with Crippen molar-refractivity contribution >= 4 is 0 Å². The van der Waals surface area contributed by atoms with Gasteiger partial charge in [-0.1, -0.05) is 0 Å². The molecule has 0 unspecified atom stereocenters. The lowest BCUT2D eigenvalue weighted by atomic mass is 10.1. The molecule has 96 valence electrons. The van der Waals surface area contributed by atoms with Crippen molar-refractivity contribution in [2.75, 3.05) is 20.3 Å². The molecule has 17 heavy (non-hydrogen) atoms. The van der Waals surface area contributed by atoms with Crippen LogP contribution in [0.2, 0.25) is 0 Å². The number of rotatable bonds is 6. The van der Waals surface area contributed by atoms with E-state index in [1.807, 2.05) is 0 Å². The average Bonchev–Trinajstić information content (AvgIpc) is 2.65. The van der Waals surface area contributed by atoms with Crippen LogP contribution >= 0.6 is 0 Å². The SMILES string of the molecule is COCCCCCn1c(C)nc2c1CCNC2. The molecule has 4 heteroatoms. The molecule has 1 N–H and O–H groups in total. The van der Waals surface area contributed by atoms with Gasteiger partial charge in [0.2, 0.25) is 0 Å². The summed E-state index contributed by atoms with van der Waals surface area (Å²) in [5.41, 5.74) is 2.71. The zero-order chi connectivity index (χ0) is 12.1. The van der Waals surface area contributed by atoms with Gasteiger partial charge in [-0.25, -0.2) is 4.98 Å². The molecule has 4 nitrogen and oxygen atoms in total. The molecule has 1 aromatic heterocycles. The van der Waals surface area contributed by atoms with Crippen LogP contribution in [0.25, 0.3) is 0 Å². The lowest BCUT2D eigenvalue weighted by Gasteiger charge is -2.15. The summed E-state index contributed by atoms with van der Waals surface area (Å²) in [6.07, 6.45) is 4.74. The predicted molar refractivity (Wildman–Crippen MR) is 68.1 cm³/mol. The van der Waals surface area contributed by atoms with E-state index in [9.17, 15) is 0 Å². The number of unbranched alkanes of at least 4 members (excludes halogenated alkanes) is 2. The minimum atomic E-state index is 0.880. The number of aryl methyl sites for hydroxylation is 1. The van der Waals surface area contributed by atoms with Gasteiger partial charge in [-0.15, -0.1) is 0 Å². The van der Waals surface area contributed by atoms with Crippen LogP contribution in [0.5, 0.6) is 0 Å². The normalized spacial score (nSPS) is 14.9. The quantitative estimate of drug-likeness (QED) is 0.765. The van der Waals surface area contributed by atoms with Crippen molar-refractivity contribution in [1.82, 2.24) is 14.9 Å². The van der Waals surface area contributed by atoms with E-state index in [1.165, 1.54) is 30.1 Å². The molecule has 1 aliphatic rings. The number of methoxy groups -OCH3 is 1. The first-order valence-corrected chi connectivity index (χ1v) is 6.57. The van der Waals surface area contributed by atoms with Gasteiger partial charge in [0.05, 0.1) is 5.69 Å². The lowest BCUT2D eigenvalue weighted by molar-refractivity contribution is 0.191. The number of ether oxygens (including phenoxy) is 1. The number of aromatic nitrogens is 2. The van der Waals surface area contributed by atoms with Crippen molar-refractivity contribution in [3.05, 3.63) is 17.2 Å². The third kappa shape index (κ3) is 3.07. The Balaban J connectivity index is 1.89. The van der Waals surface area contributed by atoms with Crippen LogP contribution in [0.15, 0.2) is 0 Å². The molecular weight excluding hydrogens is 214 g/mol. The molecule has 0 saturated carbocycles. The Morgan fingerprint density at radius 3 is 3.06 bits per heavy atom. The molecule has 1 aliphatic heterocycles. The third-order valence-electron chi connectivity index (χ3n) is 3.41. The Kier molecular flexibility index (Phi) is 4.57. The van der Waals surface area contributed by atoms with Gasteiger partial charge in [-0.2, -0.15) is 0 Å². The Labute approximate surface area is 103 Å². The molecule has 0 aromatic carbocycles. The Morgan fingerprint density at radius 1 is 1.35 bits per heavy atom. The Hall–Kier alpha value is -0.870. The molecule has 0 atom stereocenters. The highest BCUT2D eigenvalue weighted by Crippen LogP contribution is 2.16. The van der Waals surface area contributed by atoms with Gasteiger partial charge in [-0.05, 0) is 26.2 Å². The van der Waals surface area contributed by atoms with E-state index < -0.39 is 0 Å². The second-order valence-corrected chi connectivity index (χ2v) is 4.68. The number of hydrogen-bond acceptors (Lipinski definition) is 3. The fourth-order valence-corrected chi connectivity index (χ4v) is 2.50. The van der Waals surface area contributed by atoms with E-state index in [-0.39, 0.29) is 0 Å². The standard InChI is InChI=1S/C13H23N3O/c1-11-15-12-10-14-7-6-13(12)16(11)8-4-3-5-9-17-2/h14H,3-10H2,1-2H3. The minimum Gasteiger partial charge on any atom is -0.385 e. The summed E-state index contributed by atoms with van der Waals surface area (Å²) >= 11 is 0. The molecule has 0 fully saturated rings. The second kappa shape index (κ2) is 6.17. The number of nitrogens with one attached hydrogen (secondary N) is 1. The number of imidazole rings is 1. The molecule has 2 heterocycles. The van der Waals surface area contributed by atoms with Crippen LogP contribution in [0.1, 0.15) is 36.5 Å². The van der Waals surface area contributed by atoms with Gasteiger partial charge < -0.3 is 14.6 Å². The maximum absolute atomic E-state index is 5.07. The van der Waals surface area contributed by atoms with Crippen LogP contribution in [0, 0.1) is 6.92 Å². The Bertz CT molecular complexity index is 360. The van der Waals surface area contributed by atoms with Crippen LogP contribution in [0.3, 0.4) is 0 Å². The Morgan fingerprint density at radius 2 is 2.24 bits per heavy atom. The molecule has 0 spiro atoms. The highest BCUT2D eigenvalue weighted by atomic mass is 16.5. The molecule has 0 amide bonds. The van der Waals surface area contributed by atoms with Crippen molar-refractivity contribution in [1.29, 1.82) is 0 Å². The summed E-state index contributed by atoms with van der Waals surface area (Å²) in [7, 11) is 1.77. The molecule has 0 saturated heterocycles. The molecule has 0 aliphatic carbocycles. The molecule has 2 rings (SSSR count). The van der Waals surface area contributed by atoms with E-state index in [4.69, 9.17) is 4.74 Å². The monoisotopic (exact) mass is 237 g/mol. The van der Waals surface area contributed by atoms with Crippen molar-refractivity contribution in [3.8, 4) is 0 Å². The maximum Gasteiger partial charge on any atom is 0.106 e. The van der Waals surface area contributed by atoms with Gasteiger partial charge in [0.25, 0.3) is 0 Å². The van der Waals surface area contributed by atoms with Crippen LogP contribution in [0.4, 0.5) is 0 Å². The van der Waals surface area contributed by atoms with Gasteiger partial charge in [0.1, 0.15) is 5.82 Å². The predicted octanol–water partition coefficient (Wildman–Crippen LogP) is 1.65. The molecule has 1 aromatic rings. The number of fused-ring (bicyclic) bond motifs is 1. The molecule has 0 bridgehead atoms. The summed E-state index contributed by atoms with van der Waals surface area (Å²) < 4.78 is 7.47. The largest absolute Gasteiger partial charge is 0.385 e. The molecule has 0 radical (unpaired) electrons. The molecular formula is C13H23N3O. The fourth-order valence-electron chi connectivity index (χ4n) is 2.50. The van der Waals surface area contributed by atoms with Crippen LogP contribution in [-0.4, -0.2) is 29.8 Å². The first-order valence-electron chi connectivity index (χ1n) is 6.57. The lowest BCUT2D eigenvalue weighted by Crippen LogP contribution is -2.25.